The molecule has 3 nitrogen and oxygen atoms in total. The van der Waals surface area contributed by atoms with Gasteiger partial charge >= 0.3 is 0 Å². The van der Waals surface area contributed by atoms with E-state index in [9.17, 15) is 4.79 Å². The normalized spacial score (nSPS) is 30.8. The van der Waals surface area contributed by atoms with Crippen molar-refractivity contribution in [2.24, 2.45) is 5.92 Å². The molecule has 0 spiro atoms. The maximum Gasteiger partial charge on any atom is 0.237 e. The smallest absolute Gasteiger partial charge is 0.237 e. The lowest BCUT2D eigenvalue weighted by molar-refractivity contribution is -0.123. The zero-order chi connectivity index (χ0) is 13.7. The summed E-state index contributed by atoms with van der Waals surface area (Å²) in [6.07, 6.45) is 11.3. The maximum atomic E-state index is 12.1. The van der Waals surface area contributed by atoms with Crippen molar-refractivity contribution in [3.8, 4) is 0 Å². The van der Waals surface area contributed by atoms with E-state index in [-0.39, 0.29) is 11.9 Å². The van der Waals surface area contributed by atoms with E-state index in [4.69, 9.17) is 0 Å². The Morgan fingerprint density at radius 2 is 1.63 bits per heavy atom. The number of hydrogen-bond donors (Lipinski definition) is 2. The third-order valence-electron chi connectivity index (χ3n) is 4.84. The topological polar surface area (TPSA) is 41.1 Å². The number of rotatable bonds is 4. The molecule has 2 saturated carbocycles. The van der Waals surface area contributed by atoms with Crippen LogP contribution in [0, 0.1) is 5.92 Å². The summed E-state index contributed by atoms with van der Waals surface area (Å²) >= 11 is 0. The second kappa shape index (κ2) is 7.28. The average molecular weight is 266 g/mol. The van der Waals surface area contributed by atoms with Crippen LogP contribution in [0.4, 0.5) is 0 Å². The summed E-state index contributed by atoms with van der Waals surface area (Å²) in [5.41, 5.74) is 0. The Balaban J connectivity index is 1.72. The molecule has 1 amide bonds. The van der Waals surface area contributed by atoms with Gasteiger partial charge in [-0.15, -0.1) is 0 Å². The van der Waals surface area contributed by atoms with Gasteiger partial charge in [0.25, 0.3) is 0 Å². The summed E-state index contributed by atoms with van der Waals surface area (Å²) in [6.45, 7) is 4.36. The standard InChI is InChI=1S/C16H30N2O/c1-12-6-5-9-15(11-10-12)17-13(2)16(19)18-14-7-3-4-8-14/h12-15,17H,3-11H2,1-2H3,(H,18,19). The Kier molecular flexibility index (Phi) is 5.68. The van der Waals surface area contributed by atoms with E-state index in [0.29, 0.717) is 12.1 Å². The summed E-state index contributed by atoms with van der Waals surface area (Å²) in [6, 6.07) is 0.930. The predicted molar refractivity (Wildman–Crippen MR) is 79.0 cm³/mol. The van der Waals surface area contributed by atoms with Crippen LogP contribution in [-0.4, -0.2) is 24.0 Å². The van der Waals surface area contributed by atoms with Gasteiger partial charge in [-0.3, -0.25) is 4.79 Å². The number of carbonyl (C=O) groups excluding carboxylic acids is 1. The minimum atomic E-state index is -0.0426. The van der Waals surface area contributed by atoms with Crippen LogP contribution in [0.2, 0.25) is 0 Å². The van der Waals surface area contributed by atoms with Gasteiger partial charge in [-0.2, -0.15) is 0 Å². The van der Waals surface area contributed by atoms with E-state index in [1.165, 1.54) is 57.8 Å². The Morgan fingerprint density at radius 1 is 0.947 bits per heavy atom. The zero-order valence-corrected chi connectivity index (χ0v) is 12.6. The first kappa shape index (κ1) is 14.8. The number of amides is 1. The molecule has 0 aromatic carbocycles. The van der Waals surface area contributed by atoms with E-state index in [1.54, 1.807) is 0 Å². The summed E-state index contributed by atoms with van der Waals surface area (Å²) in [7, 11) is 0. The zero-order valence-electron chi connectivity index (χ0n) is 12.6. The van der Waals surface area contributed by atoms with E-state index in [1.807, 2.05) is 6.92 Å². The molecule has 0 saturated heterocycles. The lowest BCUT2D eigenvalue weighted by atomic mass is 10.0. The first-order valence-corrected chi connectivity index (χ1v) is 8.21. The molecule has 2 fully saturated rings. The van der Waals surface area contributed by atoms with Gasteiger partial charge < -0.3 is 10.6 Å². The molecule has 110 valence electrons. The fourth-order valence-electron chi connectivity index (χ4n) is 3.48. The minimum Gasteiger partial charge on any atom is -0.352 e. The van der Waals surface area contributed by atoms with Crippen molar-refractivity contribution in [1.82, 2.24) is 10.6 Å². The Bertz CT molecular complexity index is 286. The lowest BCUT2D eigenvalue weighted by Crippen LogP contribution is -2.48. The molecular formula is C16H30N2O. The van der Waals surface area contributed by atoms with E-state index >= 15 is 0 Å². The van der Waals surface area contributed by atoms with Crippen LogP contribution in [0.3, 0.4) is 0 Å². The molecule has 3 heteroatoms. The first-order valence-electron chi connectivity index (χ1n) is 8.21. The van der Waals surface area contributed by atoms with Crippen LogP contribution >= 0.6 is 0 Å². The molecule has 2 aliphatic rings. The Morgan fingerprint density at radius 3 is 2.37 bits per heavy atom. The predicted octanol–water partition coefficient (Wildman–Crippen LogP) is 2.99. The lowest BCUT2D eigenvalue weighted by Gasteiger charge is -2.23. The van der Waals surface area contributed by atoms with Crippen molar-refractivity contribution >= 4 is 5.91 Å². The highest BCUT2D eigenvalue weighted by atomic mass is 16.2. The second-order valence-corrected chi connectivity index (χ2v) is 6.69. The van der Waals surface area contributed by atoms with Gasteiger partial charge in [0.05, 0.1) is 6.04 Å². The van der Waals surface area contributed by atoms with Crippen LogP contribution < -0.4 is 10.6 Å². The molecule has 0 heterocycles. The fraction of sp³-hybridized carbons (Fsp3) is 0.938. The summed E-state index contributed by atoms with van der Waals surface area (Å²) in [4.78, 5) is 12.1. The first-order chi connectivity index (χ1) is 9.15. The van der Waals surface area contributed by atoms with Gasteiger partial charge in [0, 0.05) is 12.1 Å². The monoisotopic (exact) mass is 266 g/mol. The molecule has 0 aliphatic heterocycles. The molecule has 2 aliphatic carbocycles. The Labute approximate surface area is 117 Å². The molecule has 3 atom stereocenters. The van der Waals surface area contributed by atoms with Gasteiger partial charge in [-0.05, 0) is 44.9 Å². The molecule has 3 unspecified atom stereocenters. The highest BCUT2D eigenvalue weighted by Crippen LogP contribution is 2.23. The second-order valence-electron chi connectivity index (χ2n) is 6.69. The number of nitrogens with one attached hydrogen (secondary N) is 2. The van der Waals surface area contributed by atoms with E-state index < -0.39 is 0 Å². The fourth-order valence-corrected chi connectivity index (χ4v) is 3.48. The number of hydrogen-bond acceptors (Lipinski definition) is 2. The molecule has 2 N–H and O–H groups in total. The minimum absolute atomic E-state index is 0.0426. The quantitative estimate of drug-likeness (QED) is 0.768. The van der Waals surface area contributed by atoms with Crippen LogP contribution in [0.5, 0.6) is 0 Å². The number of carbonyl (C=O) groups is 1. The van der Waals surface area contributed by atoms with Crippen molar-refractivity contribution < 1.29 is 4.79 Å². The maximum absolute atomic E-state index is 12.1. The SMILES string of the molecule is CC1CCCC(NC(C)C(=O)NC2CCCC2)CC1. The molecule has 0 radical (unpaired) electrons. The third kappa shape index (κ3) is 4.79. The van der Waals surface area contributed by atoms with Crippen LogP contribution in [-0.2, 0) is 4.79 Å². The highest BCUT2D eigenvalue weighted by molar-refractivity contribution is 5.81. The molecule has 0 aromatic rings. The van der Waals surface area contributed by atoms with E-state index in [2.05, 4.69) is 17.6 Å². The summed E-state index contributed by atoms with van der Waals surface area (Å²) in [5.74, 6) is 1.05. The third-order valence-corrected chi connectivity index (χ3v) is 4.84. The summed E-state index contributed by atoms with van der Waals surface area (Å²) < 4.78 is 0. The molecule has 2 rings (SSSR count). The molecule has 0 bridgehead atoms. The van der Waals surface area contributed by atoms with Crippen molar-refractivity contribution in [3.05, 3.63) is 0 Å². The van der Waals surface area contributed by atoms with Gasteiger partial charge in [0.15, 0.2) is 0 Å². The average Bonchev–Trinajstić information content (AvgIpc) is 2.80. The van der Waals surface area contributed by atoms with E-state index in [0.717, 1.165) is 5.92 Å². The largest absolute Gasteiger partial charge is 0.352 e. The van der Waals surface area contributed by atoms with Crippen LogP contribution in [0.25, 0.3) is 0 Å². The van der Waals surface area contributed by atoms with Crippen molar-refractivity contribution in [2.75, 3.05) is 0 Å². The van der Waals surface area contributed by atoms with Gasteiger partial charge in [0.2, 0.25) is 5.91 Å². The molecular weight excluding hydrogens is 236 g/mol. The van der Waals surface area contributed by atoms with Crippen LogP contribution in [0.1, 0.15) is 71.6 Å². The Hall–Kier alpha value is -0.570. The van der Waals surface area contributed by atoms with Crippen molar-refractivity contribution in [2.45, 2.75) is 89.8 Å². The van der Waals surface area contributed by atoms with Crippen LogP contribution in [0.15, 0.2) is 0 Å². The van der Waals surface area contributed by atoms with Gasteiger partial charge in [-0.1, -0.05) is 32.6 Å². The molecule has 0 aromatic heterocycles. The molecule has 19 heavy (non-hydrogen) atoms. The van der Waals surface area contributed by atoms with Gasteiger partial charge in [0.1, 0.15) is 0 Å². The van der Waals surface area contributed by atoms with Crippen molar-refractivity contribution in [1.29, 1.82) is 0 Å². The van der Waals surface area contributed by atoms with Crippen molar-refractivity contribution in [3.63, 3.8) is 0 Å². The highest BCUT2D eigenvalue weighted by Gasteiger charge is 2.23. The van der Waals surface area contributed by atoms with Gasteiger partial charge in [-0.25, -0.2) is 0 Å². The summed E-state index contributed by atoms with van der Waals surface area (Å²) in [5, 5.41) is 6.73.